The minimum Gasteiger partial charge on any atom is -0.495 e. The normalized spacial score (nSPS) is 18.1. The first-order chi connectivity index (χ1) is 18.3. The number of ether oxygens (including phenoxy) is 1. The number of nitrogens with one attached hydrogen (secondary N) is 1. The summed E-state index contributed by atoms with van der Waals surface area (Å²) in [6, 6.07) is 5.57. The number of methoxy groups -OCH3 is 1. The van der Waals surface area contributed by atoms with Gasteiger partial charge in [-0.05, 0) is 55.2 Å². The molecular weight excluding hydrogens is 560 g/mol. The van der Waals surface area contributed by atoms with Crippen LogP contribution in [0.1, 0.15) is 66.4 Å². The van der Waals surface area contributed by atoms with E-state index in [1.54, 1.807) is 6.07 Å². The van der Waals surface area contributed by atoms with Crippen LogP contribution in [0.5, 0.6) is 5.75 Å². The topological polar surface area (TPSA) is 106 Å². The number of hydrogen-bond acceptors (Lipinski definition) is 6. The molecule has 0 atom stereocenters. The number of thiazole rings is 1. The molecule has 0 saturated heterocycles. The number of carboxylic acids is 1. The zero-order valence-electron chi connectivity index (χ0n) is 21.0. The van der Waals surface area contributed by atoms with E-state index in [1.165, 1.54) is 6.07 Å². The highest BCUT2D eigenvalue weighted by Gasteiger charge is 2.36. The molecule has 210 valence electrons. The molecule has 39 heavy (non-hydrogen) atoms. The van der Waals surface area contributed by atoms with Crippen LogP contribution in [0, 0.1) is 11.7 Å². The van der Waals surface area contributed by atoms with Crippen LogP contribution in [0.25, 0.3) is 10.6 Å². The summed E-state index contributed by atoms with van der Waals surface area (Å²) in [7, 11) is -3.36. The molecule has 0 bridgehead atoms. The zero-order valence-corrected chi connectivity index (χ0v) is 22.6. The minimum absolute atomic E-state index is 0.0299. The van der Waals surface area contributed by atoms with Crippen LogP contribution in [0.15, 0.2) is 40.7 Å². The molecule has 3 aromatic rings. The summed E-state index contributed by atoms with van der Waals surface area (Å²) in [5.41, 5.74) is -1.66. The van der Waals surface area contributed by atoms with Crippen molar-refractivity contribution < 1.29 is 40.6 Å². The number of carboxylic acid groups (broad SMARTS) is 1. The van der Waals surface area contributed by atoms with E-state index in [0.29, 0.717) is 17.5 Å². The fourth-order valence-electron chi connectivity index (χ4n) is 4.81. The fourth-order valence-corrected chi connectivity index (χ4v) is 7.01. The van der Waals surface area contributed by atoms with Gasteiger partial charge in [0.25, 0.3) is 10.0 Å². The molecule has 1 aromatic heterocycles. The second-order valence-electron chi connectivity index (χ2n) is 9.36. The van der Waals surface area contributed by atoms with Crippen LogP contribution in [-0.4, -0.2) is 31.6 Å². The molecule has 1 aliphatic rings. The third kappa shape index (κ3) is 6.19. The molecule has 13 heteroatoms. The highest BCUT2D eigenvalue weighted by molar-refractivity contribution is 7.92. The molecule has 1 saturated carbocycles. The fraction of sp³-hybridized carbons (Fsp3) is 0.385. The molecule has 0 aliphatic heterocycles. The Balaban J connectivity index is 1.65. The van der Waals surface area contributed by atoms with Gasteiger partial charge < -0.3 is 9.84 Å². The first-order valence-electron chi connectivity index (χ1n) is 12.1. The van der Waals surface area contributed by atoms with Crippen LogP contribution in [0.2, 0.25) is 0 Å². The highest BCUT2D eigenvalue weighted by Crippen LogP contribution is 2.43. The number of rotatable bonds is 8. The molecule has 2 aromatic carbocycles. The minimum atomic E-state index is -4.69. The smallest absolute Gasteiger partial charge is 0.417 e. The Bertz CT molecular complexity index is 1480. The van der Waals surface area contributed by atoms with Crippen molar-refractivity contribution in [3.8, 4) is 16.3 Å². The van der Waals surface area contributed by atoms with Crippen LogP contribution in [-0.2, 0) is 16.2 Å². The molecule has 0 amide bonds. The summed E-state index contributed by atoms with van der Waals surface area (Å²) >= 11 is 0.721. The number of alkyl halides is 3. The number of sulfonamides is 1. The predicted molar refractivity (Wildman–Crippen MR) is 138 cm³/mol. The van der Waals surface area contributed by atoms with Gasteiger partial charge >= 0.3 is 12.1 Å². The van der Waals surface area contributed by atoms with Gasteiger partial charge in [-0.15, -0.1) is 11.3 Å². The van der Waals surface area contributed by atoms with Gasteiger partial charge in [-0.2, -0.15) is 21.6 Å². The van der Waals surface area contributed by atoms with Gasteiger partial charge in [-0.25, -0.2) is 14.2 Å². The van der Waals surface area contributed by atoms with Gasteiger partial charge in [-0.3, -0.25) is 4.72 Å². The number of hydrogen-bond donors (Lipinski definition) is 2. The van der Waals surface area contributed by atoms with Gasteiger partial charge in [0, 0.05) is 17.0 Å². The van der Waals surface area contributed by atoms with Gasteiger partial charge in [0.15, 0.2) is 5.03 Å². The first kappa shape index (κ1) is 28.8. The third-order valence-electron chi connectivity index (χ3n) is 7.00. The van der Waals surface area contributed by atoms with E-state index < -0.39 is 49.8 Å². The molecule has 0 unspecified atom stereocenters. The molecule has 1 heterocycles. The molecule has 0 spiro atoms. The van der Waals surface area contributed by atoms with Gasteiger partial charge in [-0.1, -0.05) is 25.5 Å². The second-order valence-corrected chi connectivity index (χ2v) is 11.8. The molecule has 0 radical (unpaired) electrons. The maximum absolute atomic E-state index is 14.2. The van der Waals surface area contributed by atoms with Crippen LogP contribution >= 0.6 is 11.3 Å². The van der Waals surface area contributed by atoms with Gasteiger partial charge in [0.1, 0.15) is 16.6 Å². The SMILES string of the molecule is CC[C@H]1CC[C@@H](c2ccc(-c3nc(S(=O)(=O)Nc4cc(F)c(C(=O)O)cc4OC)cs3)c(C(F)(F)F)c2)CC1. The monoisotopic (exact) mass is 586 g/mol. The van der Waals surface area contributed by atoms with Gasteiger partial charge in [0.05, 0.1) is 23.9 Å². The Morgan fingerprint density at radius 1 is 1.18 bits per heavy atom. The summed E-state index contributed by atoms with van der Waals surface area (Å²) in [4.78, 5) is 15.1. The third-order valence-corrected chi connectivity index (χ3v) is 9.27. The average Bonchev–Trinajstić information content (AvgIpc) is 3.39. The van der Waals surface area contributed by atoms with Crippen molar-refractivity contribution in [1.29, 1.82) is 0 Å². The van der Waals surface area contributed by atoms with E-state index in [1.807, 2.05) is 0 Å². The lowest BCUT2D eigenvalue weighted by Crippen LogP contribution is -2.15. The summed E-state index contributed by atoms with van der Waals surface area (Å²) in [6.45, 7) is 2.11. The Kier molecular flexibility index (Phi) is 8.22. The van der Waals surface area contributed by atoms with E-state index in [2.05, 4.69) is 16.6 Å². The van der Waals surface area contributed by atoms with Crippen LogP contribution in [0.3, 0.4) is 0 Å². The summed E-state index contributed by atoms with van der Waals surface area (Å²) in [5.74, 6) is -2.43. The molecule has 4 rings (SSSR count). The molecular formula is C26H26F4N2O5S2. The highest BCUT2D eigenvalue weighted by atomic mass is 32.2. The molecule has 1 fully saturated rings. The van der Waals surface area contributed by atoms with E-state index in [0.717, 1.165) is 68.1 Å². The number of carbonyl (C=O) groups is 1. The van der Waals surface area contributed by atoms with Crippen molar-refractivity contribution in [1.82, 2.24) is 4.98 Å². The Hall–Kier alpha value is -3.19. The molecule has 1 aliphatic carbocycles. The lowest BCUT2D eigenvalue weighted by molar-refractivity contribution is -0.137. The van der Waals surface area contributed by atoms with Crippen molar-refractivity contribution >= 4 is 33.0 Å². The molecule has 2 N–H and O–H groups in total. The predicted octanol–water partition coefficient (Wildman–Crippen LogP) is 7.16. The van der Waals surface area contributed by atoms with Crippen molar-refractivity contribution in [3.63, 3.8) is 0 Å². The first-order valence-corrected chi connectivity index (χ1v) is 14.5. The zero-order chi connectivity index (χ0) is 28.5. The maximum Gasteiger partial charge on any atom is 0.417 e. The summed E-state index contributed by atoms with van der Waals surface area (Å²) in [6.07, 6.45) is -0.0576. The largest absolute Gasteiger partial charge is 0.495 e. The number of aromatic carboxylic acids is 1. The number of benzene rings is 2. The lowest BCUT2D eigenvalue weighted by Gasteiger charge is -2.28. The quantitative estimate of drug-likeness (QED) is 0.272. The number of aromatic nitrogens is 1. The van der Waals surface area contributed by atoms with Gasteiger partial charge in [0.2, 0.25) is 0 Å². The van der Waals surface area contributed by atoms with E-state index in [-0.39, 0.29) is 22.2 Å². The number of anilines is 1. The van der Waals surface area contributed by atoms with E-state index in [9.17, 15) is 30.8 Å². The number of nitrogens with zero attached hydrogens (tertiary/aromatic N) is 1. The Morgan fingerprint density at radius 3 is 2.46 bits per heavy atom. The van der Waals surface area contributed by atoms with Crippen LogP contribution < -0.4 is 9.46 Å². The average molecular weight is 587 g/mol. The second kappa shape index (κ2) is 11.1. The van der Waals surface area contributed by atoms with Crippen LogP contribution in [0.4, 0.5) is 23.2 Å². The Labute approximate surface area is 226 Å². The molecule has 7 nitrogen and oxygen atoms in total. The van der Waals surface area contributed by atoms with Crippen molar-refractivity contribution in [3.05, 3.63) is 58.2 Å². The van der Waals surface area contributed by atoms with Crippen molar-refractivity contribution in [2.24, 2.45) is 5.92 Å². The van der Waals surface area contributed by atoms with Crippen molar-refractivity contribution in [2.45, 2.75) is 56.1 Å². The number of halogens is 4. The summed E-state index contributed by atoms with van der Waals surface area (Å²) < 4.78 is 89.4. The van der Waals surface area contributed by atoms with E-state index in [4.69, 9.17) is 9.84 Å². The summed E-state index contributed by atoms with van der Waals surface area (Å²) in [5, 5.41) is 9.41. The van der Waals surface area contributed by atoms with E-state index >= 15 is 0 Å². The lowest BCUT2D eigenvalue weighted by atomic mass is 9.77. The maximum atomic E-state index is 14.2. The standard InChI is InChI=1S/C26H26F4N2O5S2/c1-3-14-4-6-15(7-5-14)16-8-9-17(19(10-16)26(28,29)30)24-31-23(13-38-24)39(35,36)32-21-12-20(27)18(25(33)34)11-22(21)37-2/h8-15,32H,3-7H2,1-2H3,(H,33,34)/t14-,15+. The Morgan fingerprint density at radius 2 is 1.87 bits per heavy atom. The van der Waals surface area contributed by atoms with Crippen molar-refractivity contribution in [2.75, 3.05) is 11.8 Å².